The van der Waals surface area contributed by atoms with E-state index in [1.165, 1.54) is 17.7 Å². The molecule has 2 fully saturated rings. The predicted molar refractivity (Wildman–Crippen MR) is 93.3 cm³/mol. The second-order valence-electron chi connectivity index (χ2n) is 6.78. The number of carbonyl (C=O) groups is 1. The van der Waals surface area contributed by atoms with Crippen molar-refractivity contribution >= 4 is 17.7 Å². The van der Waals surface area contributed by atoms with E-state index in [9.17, 15) is 4.79 Å². The van der Waals surface area contributed by atoms with Crippen LogP contribution >= 0.6 is 11.8 Å². The third-order valence-electron chi connectivity index (χ3n) is 4.94. The Balaban J connectivity index is 1.63. The molecule has 0 saturated carbocycles. The second kappa shape index (κ2) is 7.05. The number of thioether (sulfide) groups is 1. The molecule has 120 valence electrons. The van der Waals surface area contributed by atoms with Crippen LogP contribution < -0.4 is 5.32 Å². The van der Waals surface area contributed by atoms with Crippen LogP contribution in [0.2, 0.25) is 0 Å². The third-order valence-corrected chi connectivity index (χ3v) is 6.07. The number of rotatable bonds is 3. The van der Waals surface area contributed by atoms with Gasteiger partial charge in [0.05, 0.1) is 0 Å². The van der Waals surface area contributed by atoms with E-state index in [2.05, 4.69) is 47.5 Å². The zero-order valence-electron chi connectivity index (χ0n) is 13.4. The molecule has 3 rings (SSSR count). The molecule has 0 aliphatic carbocycles. The Morgan fingerprint density at radius 2 is 2.23 bits per heavy atom. The van der Waals surface area contributed by atoms with Crippen LogP contribution in [0.1, 0.15) is 31.7 Å². The van der Waals surface area contributed by atoms with E-state index in [4.69, 9.17) is 0 Å². The van der Waals surface area contributed by atoms with E-state index in [1.807, 2.05) is 11.8 Å². The van der Waals surface area contributed by atoms with Crippen molar-refractivity contribution in [1.29, 1.82) is 0 Å². The highest BCUT2D eigenvalue weighted by molar-refractivity contribution is 7.99. The molecular weight excluding hydrogens is 292 g/mol. The zero-order valence-corrected chi connectivity index (χ0v) is 14.2. The van der Waals surface area contributed by atoms with Gasteiger partial charge in [-0.3, -0.25) is 4.79 Å². The first-order chi connectivity index (χ1) is 10.7. The standard InChI is InChI=1S/C18H26N2OS/c1-18(15-6-3-2-4-7-15)8-5-10-20(14-18)17(21)12-16-13-22-11-9-19-16/h2-4,6-7,16,19H,5,8-14H2,1H3. The molecule has 22 heavy (non-hydrogen) atoms. The maximum atomic E-state index is 12.7. The SMILES string of the molecule is CC1(c2ccccc2)CCCN(C(=O)CC2CSCCN2)C1. The number of nitrogens with one attached hydrogen (secondary N) is 1. The molecule has 0 spiro atoms. The third kappa shape index (κ3) is 3.66. The van der Waals surface area contributed by atoms with Gasteiger partial charge in [-0.05, 0) is 18.4 Å². The fourth-order valence-electron chi connectivity index (χ4n) is 3.62. The fraction of sp³-hybridized carbons (Fsp3) is 0.611. The van der Waals surface area contributed by atoms with E-state index >= 15 is 0 Å². The Labute approximate surface area is 137 Å². The average Bonchev–Trinajstić information content (AvgIpc) is 2.57. The molecule has 2 saturated heterocycles. The maximum absolute atomic E-state index is 12.7. The van der Waals surface area contributed by atoms with Crippen molar-refractivity contribution in [3.05, 3.63) is 35.9 Å². The lowest BCUT2D eigenvalue weighted by atomic mass is 9.76. The zero-order chi connectivity index (χ0) is 15.4. The minimum atomic E-state index is 0.101. The molecule has 1 amide bonds. The van der Waals surface area contributed by atoms with Crippen LogP contribution in [0.15, 0.2) is 30.3 Å². The van der Waals surface area contributed by atoms with E-state index in [1.54, 1.807) is 0 Å². The molecule has 2 heterocycles. The van der Waals surface area contributed by atoms with Gasteiger partial charge in [-0.2, -0.15) is 11.8 Å². The first-order valence-electron chi connectivity index (χ1n) is 8.32. The van der Waals surface area contributed by atoms with Crippen molar-refractivity contribution in [2.45, 2.75) is 37.6 Å². The number of amides is 1. The first kappa shape index (κ1) is 15.9. The highest BCUT2D eigenvalue weighted by Crippen LogP contribution is 2.33. The van der Waals surface area contributed by atoms with Gasteiger partial charge < -0.3 is 10.2 Å². The number of carbonyl (C=O) groups excluding carboxylic acids is 1. The summed E-state index contributed by atoms with van der Waals surface area (Å²) in [5.74, 6) is 2.55. The van der Waals surface area contributed by atoms with Crippen LogP contribution in [0.25, 0.3) is 0 Å². The minimum Gasteiger partial charge on any atom is -0.342 e. The first-order valence-corrected chi connectivity index (χ1v) is 9.47. The van der Waals surface area contributed by atoms with Crippen molar-refractivity contribution in [2.24, 2.45) is 0 Å². The lowest BCUT2D eigenvalue weighted by Gasteiger charge is -2.41. The van der Waals surface area contributed by atoms with Crippen molar-refractivity contribution in [3.63, 3.8) is 0 Å². The van der Waals surface area contributed by atoms with Gasteiger partial charge in [0.15, 0.2) is 0 Å². The summed E-state index contributed by atoms with van der Waals surface area (Å²) in [6, 6.07) is 11.0. The van der Waals surface area contributed by atoms with Crippen molar-refractivity contribution < 1.29 is 4.79 Å². The quantitative estimate of drug-likeness (QED) is 0.930. The Morgan fingerprint density at radius 1 is 1.41 bits per heavy atom. The van der Waals surface area contributed by atoms with Crippen LogP contribution in [-0.2, 0) is 10.2 Å². The molecular formula is C18H26N2OS. The van der Waals surface area contributed by atoms with Gasteiger partial charge in [-0.1, -0.05) is 37.3 Å². The van der Waals surface area contributed by atoms with Crippen LogP contribution in [0.4, 0.5) is 0 Å². The average molecular weight is 318 g/mol. The fourth-order valence-corrected chi connectivity index (χ4v) is 4.57. The van der Waals surface area contributed by atoms with E-state index in [0.717, 1.165) is 31.8 Å². The molecule has 2 aliphatic rings. The van der Waals surface area contributed by atoms with Gasteiger partial charge in [0.2, 0.25) is 5.91 Å². The van der Waals surface area contributed by atoms with Crippen LogP contribution in [-0.4, -0.2) is 48.0 Å². The summed E-state index contributed by atoms with van der Waals surface area (Å²) < 4.78 is 0. The van der Waals surface area contributed by atoms with Crippen LogP contribution in [0, 0.1) is 0 Å². The number of piperidine rings is 1. The van der Waals surface area contributed by atoms with Gasteiger partial charge in [0, 0.05) is 49.0 Å². The van der Waals surface area contributed by atoms with Crippen molar-refractivity contribution in [2.75, 3.05) is 31.1 Å². The summed E-state index contributed by atoms with van der Waals surface area (Å²) in [6.45, 7) is 5.11. The maximum Gasteiger partial charge on any atom is 0.224 e. The summed E-state index contributed by atoms with van der Waals surface area (Å²) in [7, 11) is 0. The van der Waals surface area contributed by atoms with Gasteiger partial charge in [0.1, 0.15) is 0 Å². The second-order valence-corrected chi connectivity index (χ2v) is 7.93. The van der Waals surface area contributed by atoms with Gasteiger partial charge in [0.25, 0.3) is 0 Å². The molecule has 1 aromatic carbocycles. The van der Waals surface area contributed by atoms with Crippen LogP contribution in [0.5, 0.6) is 0 Å². The van der Waals surface area contributed by atoms with Gasteiger partial charge >= 0.3 is 0 Å². The molecule has 0 bridgehead atoms. The minimum absolute atomic E-state index is 0.101. The predicted octanol–water partition coefficient (Wildman–Crippen LogP) is 2.66. The highest BCUT2D eigenvalue weighted by Gasteiger charge is 2.34. The molecule has 2 aliphatic heterocycles. The Kier molecular flexibility index (Phi) is 5.09. The van der Waals surface area contributed by atoms with E-state index < -0.39 is 0 Å². The normalized spacial score (nSPS) is 29.3. The smallest absolute Gasteiger partial charge is 0.224 e. The van der Waals surface area contributed by atoms with Crippen LogP contribution in [0.3, 0.4) is 0 Å². The van der Waals surface area contributed by atoms with Crippen molar-refractivity contribution in [3.8, 4) is 0 Å². The number of likely N-dealkylation sites (tertiary alicyclic amines) is 1. The molecule has 0 aromatic heterocycles. The van der Waals surface area contributed by atoms with E-state index in [0.29, 0.717) is 18.4 Å². The summed E-state index contributed by atoms with van der Waals surface area (Å²) in [4.78, 5) is 14.8. The highest BCUT2D eigenvalue weighted by atomic mass is 32.2. The molecule has 2 unspecified atom stereocenters. The van der Waals surface area contributed by atoms with E-state index in [-0.39, 0.29) is 5.41 Å². The Morgan fingerprint density at radius 3 is 2.95 bits per heavy atom. The summed E-state index contributed by atoms with van der Waals surface area (Å²) in [5.41, 5.74) is 1.46. The summed E-state index contributed by atoms with van der Waals surface area (Å²) >= 11 is 1.96. The Bertz CT molecular complexity index is 501. The topological polar surface area (TPSA) is 32.3 Å². The number of hydrogen-bond donors (Lipinski definition) is 1. The van der Waals surface area contributed by atoms with Gasteiger partial charge in [-0.15, -0.1) is 0 Å². The van der Waals surface area contributed by atoms with Gasteiger partial charge in [-0.25, -0.2) is 0 Å². The largest absolute Gasteiger partial charge is 0.342 e. The number of nitrogens with zero attached hydrogens (tertiary/aromatic N) is 1. The molecule has 2 atom stereocenters. The Hall–Kier alpha value is -1.000. The number of hydrogen-bond acceptors (Lipinski definition) is 3. The monoisotopic (exact) mass is 318 g/mol. The molecule has 1 N–H and O–H groups in total. The molecule has 0 radical (unpaired) electrons. The molecule has 4 heteroatoms. The summed E-state index contributed by atoms with van der Waals surface area (Å²) in [5, 5.41) is 3.47. The lowest BCUT2D eigenvalue weighted by molar-refractivity contribution is -0.133. The number of benzene rings is 1. The van der Waals surface area contributed by atoms with Crippen molar-refractivity contribution in [1.82, 2.24) is 10.2 Å². The summed E-state index contributed by atoms with van der Waals surface area (Å²) in [6.07, 6.45) is 2.92. The lowest BCUT2D eigenvalue weighted by Crippen LogP contribution is -2.49. The molecule has 1 aromatic rings. The molecule has 3 nitrogen and oxygen atoms in total.